The zero-order valence-electron chi connectivity index (χ0n) is 11.1. The van der Waals surface area contributed by atoms with Gasteiger partial charge in [-0.1, -0.05) is 13.8 Å². The zero-order valence-corrected chi connectivity index (χ0v) is 11.9. The predicted octanol–water partition coefficient (Wildman–Crippen LogP) is 3.68. The third-order valence-corrected chi connectivity index (χ3v) is 3.56. The number of rotatable bonds is 5. The normalized spacial score (nSPS) is 10.9. The van der Waals surface area contributed by atoms with Gasteiger partial charge < -0.3 is 15.5 Å². The van der Waals surface area contributed by atoms with E-state index in [-0.39, 0.29) is 11.5 Å². The highest BCUT2D eigenvalue weighted by atomic mass is 32.1. The lowest BCUT2D eigenvalue weighted by molar-refractivity contribution is 0.452. The summed E-state index contributed by atoms with van der Waals surface area (Å²) < 4.78 is 0. The molecule has 0 aliphatic carbocycles. The van der Waals surface area contributed by atoms with Gasteiger partial charge in [0.2, 0.25) is 0 Å². The summed E-state index contributed by atoms with van der Waals surface area (Å²) in [6, 6.07) is 4.53. The number of nitrogens with one attached hydrogen (secondary N) is 1. The number of anilines is 1. The molecular weight excluding hydrogens is 260 g/mol. The van der Waals surface area contributed by atoms with E-state index in [2.05, 4.69) is 24.1 Å². The van der Waals surface area contributed by atoms with E-state index in [1.54, 1.807) is 12.1 Å². The number of thiazole rings is 1. The zero-order chi connectivity index (χ0) is 13.8. The molecule has 4 nitrogen and oxygen atoms in total. The van der Waals surface area contributed by atoms with E-state index in [0.29, 0.717) is 11.5 Å². The summed E-state index contributed by atoms with van der Waals surface area (Å²) in [6.45, 7) is 5.26. The first-order valence-electron chi connectivity index (χ1n) is 6.28. The van der Waals surface area contributed by atoms with Gasteiger partial charge in [-0.3, -0.25) is 0 Å². The Morgan fingerprint density at radius 2 is 2.11 bits per heavy atom. The highest BCUT2D eigenvalue weighted by Gasteiger charge is 2.09. The lowest BCUT2D eigenvalue weighted by atomic mass is 10.1. The fourth-order valence-electron chi connectivity index (χ4n) is 1.68. The number of phenols is 2. The highest BCUT2D eigenvalue weighted by Crippen LogP contribution is 2.33. The third-order valence-electron chi connectivity index (χ3n) is 2.76. The SMILES string of the molecule is CC(C)CCNc1nc(-c2ccc(O)cc2O)cs1. The van der Waals surface area contributed by atoms with Crippen LogP contribution in [0.3, 0.4) is 0 Å². The Balaban J connectivity index is 2.08. The van der Waals surface area contributed by atoms with E-state index in [0.717, 1.165) is 23.8 Å². The van der Waals surface area contributed by atoms with Crippen LogP contribution in [0, 0.1) is 5.92 Å². The first kappa shape index (κ1) is 13.7. The molecule has 1 aromatic carbocycles. The molecule has 3 N–H and O–H groups in total. The predicted molar refractivity (Wildman–Crippen MR) is 78.8 cm³/mol. The van der Waals surface area contributed by atoms with Gasteiger partial charge in [-0.05, 0) is 24.5 Å². The highest BCUT2D eigenvalue weighted by molar-refractivity contribution is 7.14. The van der Waals surface area contributed by atoms with Gasteiger partial charge in [-0.2, -0.15) is 0 Å². The number of aromatic nitrogens is 1. The van der Waals surface area contributed by atoms with Crippen molar-refractivity contribution in [2.24, 2.45) is 5.92 Å². The van der Waals surface area contributed by atoms with Gasteiger partial charge in [0.1, 0.15) is 11.5 Å². The van der Waals surface area contributed by atoms with Gasteiger partial charge in [0, 0.05) is 23.6 Å². The van der Waals surface area contributed by atoms with Crippen molar-refractivity contribution in [2.75, 3.05) is 11.9 Å². The summed E-state index contributed by atoms with van der Waals surface area (Å²) in [7, 11) is 0. The van der Waals surface area contributed by atoms with Gasteiger partial charge in [-0.25, -0.2) is 4.98 Å². The van der Waals surface area contributed by atoms with Gasteiger partial charge >= 0.3 is 0 Å². The molecule has 102 valence electrons. The van der Waals surface area contributed by atoms with Crippen molar-refractivity contribution in [2.45, 2.75) is 20.3 Å². The van der Waals surface area contributed by atoms with E-state index in [1.807, 2.05) is 5.38 Å². The molecule has 2 aromatic rings. The molecule has 0 bridgehead atoms. The molecule has 0 aliphatic rings. The van der Waals surface area contributed by atoms with E-state index in [1.165, 1.54) is 17.4 Å². The van der Waals surface area contributed by atoms with Crippen molar-refractivity contribution >= 4 is 16.5 Å². The van der Waals surface area contributed by atoms with Crippen LogP contribution in [-0.2, 0) is 0 Å². The molecule has 0 amide bonds. The van der Waals surface area contributed by atoms with Crippen LogP contribution in [0.1, 0.15) is 20.3 Å². The van der Waals surface area contributed by atoms with E-state index in [4.69, 9.17) is 0 Å². The Bertz CT molecular complexity index is 552. The van der Waals surface area contributed by atoms with Crippen LogP contribution in [0.5, 0.6) is 11.5 Å². The van der Waals surface area contributed by atoms with Crippen LogP contribution in [0.2, 0.25) is 0 Å². The first-order valence-corrected chi connectivity index (χ1v) is 7.16. The number of phenolic OH excluding ortho intramolecular Hbond substituents is 2. The maximum atomic E-state index is 9.79. The van der Waals surface area contributed by atoms with Crippen molar-refractivity contribution in [1.82, 2.24) is 4.98 Å². The average molecular weight is 278 g/mol. The molecule has 0 aliphatic heterocycles. The number of nitrogens with zero attached hydrogens (tertiary/aromatic N) is 1. The minimum absolute atomic E-state index is 0.0408. The summed E-state index contributed by atoms with van der Waals surface area (Å²) in [5.41, 5.74) is 1.35. The number of hydrogen-bond acceptors (Lipinski definition) is 5. The molecule has 0 saturated heterocycles. The summed E-state index contributed by atoms with van der Waals surface area (Å²) in [5, 5.41) is 25.1. The Morgan fingerprint density at radius 1 is 1.32 bits per heavy atom. The van der Waals surface area contributed by atoms with Crippen molar-refractivity contribution in [3.63, 3.8) is 0 Å². The van der Waals surface area contributed by atoms with Gasteiger partial charge in [0.05, 0.1) is 5.69 Å². The van der Waals surface area contributed by atoms with Gasteiger partial charge in [-0.15, -0.1) is 11.3 Å². The molecule has 0 unspecified atom stereocenters. The van der Waals surface area contributed by atoms with Crippen molar-refractivity contribution < 1.29 is 10.2 Å². The molecule has 1 aromatic heterocycles. The topological polar surface area (TPSA) is 65.4 Å². The third kappa shape index (κ3) is 3.61. The molecule has 1 heterocycles. The smallest absolute Gasteiger partial charge is 0.183 e. The van der Waals surface area contributed by atoms with Crippen molar-refractivity contribution in [1.29, 1.82) is 0 Å². The lowest BCUT2D eigenvalue weighted by Gasteiger charge is -2.05. The maximum Gasteiger partial charge on any atom is 0.183 e. The minimum Gasteiger partial charge on any atom is -0.508 e. The second-order valence-electron chi connectivity index (χ2n) is 4.85. The number of aromatic hydroxyl groups is 2. The fraction of sp³-hybridized carbons (Fsp3) is 0.357. The van der Waals surface area contributed by atoms with Crippen LogP contribution < -0.4 is 5.32 Å². The van der Waals surface area contributed by atoms with Crippen LogP contribution in [0.15, 0.2) is 23.6 Å². The summed E-state index contributed by atoms with van der Waals surface area (Å²) in [6.07, 6.45) is 1.10. The van der Waals surface area contributed by atoms with Crippen molar-refractivity contribution in [3.8, 4) is 22.8 Å². The standard InChI is InChI=1S/C14H18N2O2S/c1-9(2)5-6-15-14-16-12(8-19-14)11-4-3-10(17)7-13(11)18/h3-4,7-9,17-18H,5-6H2,1-2H3,(H,15,16). The lowest BCUT2D eigenvalue weighted by Crippen LogP contribution is -2.04. The molecule has 2 rings (SSSR count). The van der Waals surface area contributed by atoms with E-state index < -0.39 is 0 Å². The molecule has 0 saturated carbocycles. The monoisotopic (exact) mass is 278 g/mol. The van der Waals surface area contributed by atoms with Crippen molar-refractivity contribution in [3.05, 3.63) is 23.6 Å². The van der Waals surface area contributed by atoms with E-state index >= 15 is 0 Å². The number of hydrogen-bond donors (Lipinski definition) is 3. The Hall–Kier alpha value is -1.75. The molecule has 5 heteroatoms. The Kier molecular flexibility index (Phi) is 4.27. The summed E-state index contributed by atoms with van der Waals surface area (Å²) >= 11 is 1.51. The Labute approximate surface area is 116 Å². The van der Waals surface area contributed by atoms with Crippen LogP contribution in [-0.4, -0.2) is 21.7 Å². The van der Waals surface area contributed by atoms with Crippen LogP contribution >= 0.6 is 11.3 Å². The Morgan fingerprint density at radius 3 is 2.79 bits per heavy atom. The van der Waals surface area contributed by atoms with Gasteiger partial charge in [0.15, 0.2) is 5.13 Å². The molecule has 0 spiro atoms. The summed E-state index contributed by atoms with van der Waals surface area (Å²) in [5.74, 6) is 0.749. The second-order valence-corrected chi connectivity index (χ2v) is 5.71. The largest absolute Gasteiger partial charge is 0.508 e. The fourth-order valence-corrected chi connectivity index (χ4v) is 2.42. The molecule has 0 fully saturated rings. The molecule has 0 radical (unpaired) electrons. The average Bonchev–Trinajstić information content (AvgIpc) is 2.77. The molecule has 0 atom stereocenters. The minimum atomic E-state index is 0.0408. The van der Waals surface area contributed by atoms with Crippen LogP contribution in [0.4, 0.5) is 5.13 Å². The summed E-state index contributed by atoms with van der Waals surface area (Å²) in [4.78, 5) is 4.43. The number of benzene rings is 1. The maximum absolute atomic E-state index is 9.79. The quantitative estimate of drug-likeness (QED) is 0.780. The van der Waals surface area contributed by atoms with E-state index in [9.17, 15) is 10.2 Å². The molecule has 19 heavy (non-hydrogen) atoms. The second kappa shape index (κ2) is 5.93. The van der Waals surface area contributed by atoms with Crippen LogP contribution in [0.25, 0.3) is 11.3 Å². The molecular formula is C14H18N2O2S. The van der Waals surface area contributed by atoms with Gasteiger partial charge in [0.25, 0.3) is 0 Å². The first-order chi connectivity index (χ1) is 9.06.